The first-order valence-electron chi connectivity index (χ1n) is 4.02. The van der Waals surface area contributed by atoms with Gasteiger partial charge in [-0.05, 0) is 33.1 Å². The lowest BCUT2D eigenvalue weighted by Gasteiger charge is -2.20. The molecule has 0 aliphatic carbocycles. The van der Waals surface area contributed by atoms with E-state index in [1.807, 2.05) is 0 Å². The van der Waals surface area contributed by atoms with E-state index in [9.17, 15) is 0 Å². The van der Waals surface area contributed by atoms with Crippen LogP contribution in [0.1, 0.15) is 33.1 Å². The van der Waals surface area contributed by atoms with Crippen molar-refractivity contribution in [1.29, 1.82) is 0 Å². The number of rotatable bonds is 0. The summed E-state index contributed by atoms with van der Waals surface area (Å²) in [6.45, 7) is 4.67. The largest absolute Gasteiger partial charge is 0.352 e. The molecule has 10 heavy (non-hydrogen) atoms. The van der Waals surface area contributed by atoms with E-state index in [2.05, 4.69) is 13.8 Å². The van der Waals surface area contributed by atoms with Crippen LogP contribution >= 0.6 is 0 Å². The van der Waals surface area contributed by atoms with E-state index in [1.165, 1.54) is 19.3 Å². The summed E-state index contributed by atoms with van der Waals surface area (Å²) in [4.78, 5) is 0. The molecule has 1 heterocycles. The molecule has 0 radical (unpaired) electrons. The van der Waals surface area contributed by atoms with Crippen molar-refractivity contribution in [2.45, 2.75) is 45.3 Å². The van der Waals surface area contributed by atoms with E-state index in [0.29, 0.717) is 19.0 Å². The third-order valence-corrected chi connectivity index (χ3v) is 1.93. The summed E-state index contributed by atoms with van der Waals surface area (Å²) in [5, 5.41) is 0. The fourth-order valence-electron chi connectivity index (χ4n) is 1.13. The summed E-state index contributed by atoms with van der Waals surface area (Å²) >= 11 is 0. The molecule has 1 aliphatic rings. The summed E-state index contributed by atoms with van der Waals surface area (Å²) < 4.78 is 10.7. The monoisotopic (exact) mass is 144 g/mol. The van der Waals surface area contributed by atoms with Gasteiger partial charge in [-0.1, -0.05) is 0 Å². The molecule has 60 valence electrons. The van der Waals surface area contributed by atoms with Crippen LogP contribution < -0.4 is 0 Å². The molecule has 2 nitrogen and oxygen atoms in total. The van der Waals surface area contributed by atoms with Crippen LogP contribution in [-0.2, 0) is 9.47 Å². The van der Waals surface area contributed by atoms with Crippen molar-refractivity contribution in [3.05, 3.63) is 0 Å². The Kier molecular flexibility index (Phi) is 3.16. The van der Waals surface area contributed by atoms with Gasteiger partial charge in [-0.3, -0.25) is 0 Å². The van der Waals surface area contributed by atoms with E-state index >= 15 is 0 Å². The Hall–Kier alpha value is -0.0800. The molecule has 0 aromatic heterocycles. The highest BCUT2D eigenvalue weighted by Gasteiger charge is 2.09. The average Bonchev–Trinajstić information content (AvgIpc) is 1.84. The summed E-state index contributed by atoms with van der Waals surface area (Å²) in [6, 6.07) is 0. The third-order valence-electron chi connectivity index (χ3n) is 1.93. The lowest BCUT2D eigenvalue weighted by atomic mass is 10.1. The predicted octanol–water partition coefficient (Wildman–Crippen LogP) is 1.94. The molecule has 0 amide bonds. The Morgan fingerprint density at radius 2 is 1.50 bits per heavy atom. The van der Waals surface area contributed by atoms with Gasteiger partial charge in [0, 0.05) is 0 Å². The van der Waals surface area contributed by atoms with Crippen molar-refractivity contribution in [2.24, 2.45) is 0 Å². The van der Waals surface area contributed by atoms with Gasteiger partial charge in [-0.25, -0.2) is 0 Å². The molecule has 0 N–H and O–H groups in total. The van der Waals surface area contributed by atoms with Crippen molar-refractivity contribution in [3.8, 4) is 0 Å². The second kappa shape index (κ2) is 3.94. The standard InChI is InChI=1S/C8H16O2/c1-7-4-3-5-8(2)10-6-9-7/h7-8H,3-6H2,1-2H3. The van der Waals surface area contributed by atoms with Crippen LogP contribution in [0.2, 0.25) is 0 Å². The van der Waals surface area contributed by atoms with Gasteiger partial charge < -0.3 is 9.47 Å². The van der Waals surface area contributed by atoms with Gasteiger partial charge in [0.2, 0.25) is 0 Å². The molecule has 0 spiro atoms. The van der Waals surface area contributed by atoms with Crippen LogP contribution in [0.25, 0.3) is 0 Å². The lowest BCUT2D eigenvalue weighted by Crippen LogP contribution is -2.19. The van der Waals surface area contributed by atoms with Crippen molar-refractivity contribution < 1.29 is 9.47 Å². The highest BCUT2D eigenvalue weighted by Crippen LogP contribution is 2.12. The van der Waals surface area contributed by atoms with Gasteiger partial charge >= 0.3 is 0 Å². The summed E-state index contributed by atoms with van der Waals surface area (Å²) in [7, 11) is 0. The molecule has 2 heteroatoms. The first kappa shape index (κ1) is 8.02. The molecule has 2 unspecified atom stereocenters. The zero-order valence-corrected chi connectivity index (χ0v) is 6.80. The minimum Gasteiger partial charge on any atom is -0.352 e. The van der Waals surface area contributed by atoms with Crippen molar-refractivity contribution in [2.75, 3.05) is 6.79 Å². The summed E-state index contributed by atoms with van der Waals surface area (Å²) in [5.74, 6) is 0. The van der Waals surface area contributed by atoms with E-state index in [0.717, 1.165) is 0 Å². The Bertz CT molecular complexity index is 73.3. The number of ether oxygens (including phenoxy) is 2. The van der Waals surface area contributed by atoms with Crippen molar-refractivity contribution in [1.82, 2.24) is 0 Å². The van der Waals surface area contributed by atoms with E-state index in [-0.39, 0.29) is 0 Å². The second-order valence-corrected chi connectivity index (χ2v) is 3.00. The highest BCUT2D eigenvalue weighted by molar-refractivity contribution is 4.57. The van der Waals surface area contributed by atoms with Crippen LogP contribution in [0.3, 0.4) is 0 Å². The molecule has 0 saturated carbocycles. The normalized spacial score (nSPS) is 36.6. The van der Waals surface area contributed by atoms with Crippen LogP contribution in [-0.4, -0.2) is 19.0 Å². The molecule has 0 aromatic rings. The predicted molar refractivity (Wildman–Crippen MR) is 39.8 cm³/mol. The van der Waals surface area contributed by atoms with E-state index in [4.69, 9.17) is 9.47 Å². The zero-order chi connectivity index (χ0) is 7.40. The van der Waals surface area contributed by atoms with Gasteiger partial charge in [0.1, 0.15) is 6.79 Å². The van der Waals surface area contributed by atoms with Crippen LogP contribution in [0.4, 0.5) is 0 Å². The Balaban J connectivity index is 2.21. The maximum absolute atomic E-state index is 5.33. The smallest absolute Gasteiger partial charge is 0.147 e. The molecule has 1 fully saturated rings. The van der Waals surface area contributed by atoms with Crippen molar-refractivity contribution in [3.63, 3.8) is 0 Å². The molecular formula is C8H16O2. The molecule has 0 bridgehead atoms. The number of hydrogen-bond acceptors (Lipinski definition) is 2. The highest BCUT2D eigenvalue weighted by atomic mass is 16.7. The summed E-state index contributed by atoms with van der Waals surface area (Å²) in [5.41, 5.74) is 0. The van der Waals surface area contributed by atoms with Gasteiger partial charge in [-0.15, -0.1) is 0 Å². The topological polar surface area (TPSA) is 18.5 Å². The van der Waals surface area contributed by atoms with Gasteiger partial charge in [0.15, 0.2) is 0 Å². The summed E-state index contributed by atoms with van der Waals surface area (Å²) in [6.07, 6.45) is 4.34. The SMILES string of the molecule is CC1CCCC(C)OCO1. The van der Waals surface area contributed by atoms with E-state index in [1.54, 1.807) is 0 Å². The Morgan fingerprint density at radius 1 is 1.00 bits per heavy atom. The average molecular weight is 144 g/mol. The molecule has 0 aromatic carbocycles. The fraction of sp³-hybridized carbons (Fsp3) is 1.00. The van der Waals surface area contributed by atoms with Crippen LogP contribution in [0.15, 0.2) is 0 Å². The first-order chi connectivity index (χ1) is 4.79. The van der Waals surface area contributed by atoms with Crippen LogP contribution in [0.5, 0.6) is 0 Å². The Labute approximate surface area is 62.5 Å². The van der Waals surface area contributed by atoms with Crippen LogP contribution in [0, 0.1) is 0 Å². The Morgan fingerprint density at radius 3 is 2.00 bits per heavy atom. The quantitative estimate of drug-likeness (QED) is 0.517. The molecular weight excluding hydrogens is 128 g/mol. The van der Waals surface area contributed by atoms with Crippen molar-refractivity contribution >= 4 is 0 Å². The third kappa shape index (κ3) is 2.67. The van der Waals surface area contributed by atoms with Gasteiger partial charge in [0.05, 0.1) is 12.2 Å². The van der Waals surface area contributed by atoms with Gasteiger partial charge in [-0.2, -0.15) is 0 Å². The maximum Gasteiger partial charge on any atom is 0.147 e. The molecule has 1 saturated heterocycles. The fourth-order valence-corrected chi connectivity index (χ4v) is 1.13. The zero-order valence-electron chi connectivity index (χ0n) is 6.80. The first-order valence-corrected chi connectivity index (χ1v) is 4.02. The second-order valence-electron chi connectivity index (χ2n) is 3.00. The minimum atomic E-state index is 0.382. The number of hydrogen-bond donors (Lipinski definition) is 0. The molecule has 1 aliphatic heterocycles. The minimum absolute atomic E-state index is 0.382. The van der Waals surface area contributed by atoms with Gasteiger partial charge in [0.25, 0.3) is 0 Å². The van der Waals surface area contributed by atoms with E-state index < -0.39 is 0 Å². The molecule has 2 atom stereocenters. The molecule has 1 rings (SSSR count). The lowest BCUT2D eigenvalue weighted by molar-refractivity contribution is -0.124. The maximum atomic E-state index is 5.33.